The number of halogens is 2. The van der Waals surface area contributed by atoms with Crippen LogP contribution in [0.4, 0.5) is 0 Å². The Labute approximate surface area is 107 Å². The molecule has 0 saturated carbocycles. The molecule has 2 rings (SSSR count). The molecule has 80 valence electrons. The van der Waals surface area contributed by atoms with Gasteiger partial charge in [0.15, 0.2) is 0 Å². The molecule has 16 heavy (non-hydrogen) atoms. The second-order valence-corrected chi connectivity index (χ2v) is 4.97. The van der Waals surface area contributed by atoms with Crippen molar-refractivity contribution in [1.29, 1.82) is 5.26 Å². The van der Waals surface area contributed by atoms with E-state index in [0.29, 0.717) is 15.6 Å². The Morgan fingerprint density at radius 3 is 2.75 bits per heavy atom. The number of aromatic amines is 1. The molecule has 0 saturated heterocycles. The first-order valence-electron chi connectivity index (χ1n) is 4.40. The zero-order chi connectivity index (χ0) is 11.5. The van der Waals surface area contributed by atoms with Gasteiger partial charge in [0.2, 0.25) is 0 Å². The summed E-state index contributed by atoms with van der Waals surface area (Å²) >= 11 is 13.4. The molecule has 1 N–H and O–H groups in total. The van der Waals surface area contributed by atoms with Crippen LogP contribution in [0.1, 0.15) is 5.56 Å². The fourth-order valence-corrected chi connectivity index (χ4v) is 2.53. The van der Waals surface area contributed by atoms with Crippen LogP contribution in [0.3, 0.4) is 0 Å². The molecular formula is C11H6Cl2N2S. The van der Waals surface area contributed by atoms with E-state index in [1.807, 2.05) is 0 Å². The average Bonchev–Trinajstić information content (AvgIpc) is 2.71. The van der Waals surface area contributed by atoms with Gasteiger partial charge in [-0.3, -0.25) is 0 Å². The van der Waals surface area contributed by atoms with Gasteiger partial charge in [0.1, 0.15) is 6.07 Å². The molecule has 0 fully saturated rings. The topological polar surface area (TPSA) is 39.6 Å². The zero-order valence-corrected chi connectivity index (χ0v) is 10.3. The van der Waals surface area contributed by atoms with E-state index in [1.165, 1.54) is 11.8 Å². The normalized spacial score (nSPS) is 10.1. The second kappa shape index (κ2) is 4.84. The maximum absolute atomic E-state index is 8.69. The number of aromatic nitrogens is 1. The molecule has 0 radical (unpaired) electrons. The van der Waals surface area contributed by atoms with Gasteiger partial charge in [-0.05, 0) is 24.3 Å². The van der Waals surface area contributed by atoms with Crippen molar-refractivity contribution < 1.29 is 0 Å². The summed E-state index contributed by atoms with van der Waals surface area (Å²) in [7, 11) is 0. The van der Waals surface area contributed by atoms with E-state index >= 15 is 0 Å². The molecule has 1 aromatic carbocycles. The van der Waals surface area contributed by atoms with Crippen molar-refractivity contribution in [3.05, 3.63) is 46.1 Å². The minimum atomic E-state index is 0.598. The highest BCUT2D eigenvalue weighted by molar-refractivity contribution is 7.99. The minimum Gasteiger partial charge on any atom is -0.355 e. The van der Waals surface area contributed by atoms with Gasteiger partial charge in [-0.25, -0.2) is 0 Å². The average molecular weight is 269 g/mol. The van der Waals surface area contributed by atoms with Crippen molar-refractivity contribution in [1.82, 2.24) is 4.98 Å². The van der Waals surface area contributed by atoms with Gasteiger partial charge in [0, 0.05) is 16.1 Å². The molecule has 0 unspecified atom stereocenters. The van der Waals surface area contributed by atoms with Gasteiger partial charge in [-0.15, -0.1) is 0 Å². The molecule has 0 aliphatic heterocycles. The van der Waals surface area contributed by atoms with E-state index in [-0.39, 0.29) is 0 Å². The Balaban J connectivity index is 2.27. The zero-order valence-electron chi connectivity index (χ0n) is 8.00. The van der Waals surface area contributed by atoms with Crippen molar-refractivity contribution in [2.24, 2.45) is 0 Å². The Bertz CT molecular complexity index is 557. The maximum atomic E-state index is 8.69. The predicted molar refractivity (Wildman–Crippen MR) is 66.1 cm³/mol. The fourth-order valence-electron chi connectivity index (χ4n) is 1.17. The largest absolute Gasteiger partial charge is 0.355 e. The van der Waals surface area contributed by atoms with Crippen LogP contribution < -0.4 is 0 Å². The molecule has 0 aliphatic rings. The van der Waals surface area contributed by atoms with Gasteiger partial charge in [-0.1, -0.05) is 35.0 Å². The summed E-state index contributed by atoms with van der Waals surface area (Å²) < 4.78 is 0. The van der Waals surface area contributed by atoms with Crippen LogP contribution in [0.5, 0.6) is 0 Å². The minimum absolute atomic E-state index is 0.598. The van der Waals surface area contributed by atoms with Crippen molar-refractivity contribution in [3.63, 3.8) is 0 Å². The third-order valence-electron chi connectivity index (χ3n) is 1.90. The van der Waals surface area contributed by atoms with Crippen LogP contribution in [-0.2, 0) is 0 Å². The van der Waals surface area contributed by atoms with Gasteiger partial charge in [0.25, 0.3) is 0 Å². The highest BCUT2D eigenvalue weighted by Crippen LogP contribution is 2.34. The third kappa shape index (κ3) is 2.53. The molecular weight excluding hydrogens is 263 g/mol. The number of nitrogens with one attached hydrogen (secondary N) is 1. The summed E-state index contributed by atoms with van der Waals surface area (Å²) in [5.74, 6) is 0. The molecule has 0 atom stereocenters. The molecule has 2 nitrogen and oxygen atoms in total. The van der Waals surface area contributed by atoms with E-state index in [9.17, 15) is 0 Å². The number of hydrogen-bond donors (Lipinski definition) is 1. The molecule has 0 aliphatic carbocycles. The maximum Gasteiger partial charge on any atom is 0.101 e. The summed E-state index contributed by atoms with van der Waals surface area (Å²) in [6, 6.07) is 9.10. The summed E-state index contributed by atoms with van der Waals surface area (Å²) in [5.41, 5.74) is 0.598. The lowest BCUT2D eigenvalue weighted by Crippen LogP contribution is -1.75. The first kappa shape index (κ1) is 11.4. The van der Waals surface area contributed by atoms with Crippen LogP contribution in [0.2, 0.25) is 10.0 Å². The monoisotopic (exact) mass is 268 g/mol. The van der Waals surface area contributed by atoms with E-state index in [0.717, 1.165) is 9.92 Å². The summed E-state index contributed by atoms with van der Waals surface area (Å²) in [5, 5.41) is 10.8. The molecule has 1 heterocycles. The summed E-state index contributed by atoms with van der Waals surface area (Å²) in [6.45, 7) is 0. The smallest absolute Gasteiger partial charge is 0.101 e. The van der Waals surface area contributed by atoms with Crippen LogP contribution >= 0.6 is 35.0 Å². The SMILES string of the molecule is N#Cc1c[nH]c(Sc2cc(Cl)ccc2Cl)c1. The van der Waals surface area contributed by atoms with Gasteiger partial charge >= 0.3 is 0 Å². The highest BCUT2D eigenvalue weighted by atomic mass is 35.5. The Morgan fingerprint density at radius 1 is 1.25 bits per heavy atom. The van der Waals surface area contributed by atoms with Crippen LogP contribution in [0, 0.1) is 11.3 Å². The van der Waals surface area contributed by atoms with Crippen molar-refractivity contribution in [2.75, 3.05) is 0 Å². The quantitative estimate of drug-likeness (QED) is 0.880. The van der Waals surface area contributed by atoms with Crippen LogP contribution in [-0.4, -0.2) is 4.98 Å². The number of H-pyrrole nitrogens is 1. The molecule has 0 spiro atoms. The van der Waals surface area contributed by atoms with Crippen molar-refractivity contribution >= 4 is 35.0 Å². The third-order valence-corrected chi connectivity index (χ3v) is 3.59. The van der Waals surface area contributed by atoms with Crippen molar-refractivity contribution in [2.45, 2.75) is 9.92 Å². The van der Waals surface area contributed by atoms with Gasteiger partial charge in [0.05, 0.1) is 15.6 Å². The molecule has 0 amide bonds. The van der Waals surface area contributed by atoms with E-state index in [2.05, 4.69) is 11.1 Å². The second-order valence-electron chi connectivity index (χ2n) is 3.04. The van der Waals surface area contributed by atoms with Crippen LogP contribution in [0.15, 0.2) is 40.4 Å². The lowest BCUT2D eigenvalue weighted by atomic mass is 10.4. The van der Waals surface area contributed by atoms with E-state index in [4.69, 9.17) is 28.5 Å². The van der Waals surface area contributed by atoms with Crippen LogP contribution in [0.25, 0.3) is 0 Å². The highest BCUT2D eigenvalue weighted by Gasteiger charge is 2.05. The fraction of sp³-hybridized carbons (Fsp3) is 0. The number of rotatable bonds is 2. The number of hydrogen-bond acceptors (Lipinski definition) is 2. The van der Waals surface area contributed by atoms with E-state index < -0.39 is 0 Å². The first-order chi connectivity index (χ1) is 7.69. The van der Waals surface area contributed by atoms with Gasteiger partial charge < -0.3 is 4.98 Å². The summed E-state index contributed by atoms with van der Waals surface area (Å²) in [4.78, 5) is 3.85. The Morgan fingerprint density at radius 2 is 2.06 bits per heavy atom. The lowest BCUT2D eigenvalue weighted by molar-refractivity contribution is 1.20. The van der Waals surface area contributed by atoms with Gasteiger partial charge in [-0.2, -0.15) is 5.26 Å². The Hall–Kier alpha value is -1.08. The number of benzene rings is 1. The lowest BCUT2D eigenvalue weighted by Gasteiger charge is -2.02. The standard InChI is InChI=1S/C11H6Cl2N2S/c12-8-1-2-9(13)10(4-8)16-11-3-7(5-14)6-15-11/h1-4,6,15H. The van der Waals surface area contributed by atoms with E-state index in [1.54, 1.807) is 30.5 Å². The van der Waals surface area contributed by atoms with Crippen molar-refractivity contribution in [3.8, 4) is 6.07 Å². The predicted octanol–water partition coefficient (Wildman–Crippen LogP) is 4.34. The molecule has 2 aromatic rings. The molecule has 5 heteroatoms. The first-order valence-corrected chi connectivity index (χ1v) is 5.97. The Kier molecular flexibility index (Phi) is 3.45. The summed E-state index contributed by atoms with van der Waals surface area (Å²) in [6.07, 6.45) is 1.65. The molecule has 1 aromatic heterocycles. The molecule has 0 bridgehead atoms. The number of nitrogens with zero attached hydrogens (tertiary/aromatic N) is 1. The number of nitriles is 1.